The zero-order valence-electron chi connectivity index (χ0n) is 16.8. The van der Waals surface area contributed by atoms with Gasteiger partial charge in [-0.15, -0.1) is 0 Å². The van der Waals surface area contributed by atoms with Crippen LogP contribution >= 0.6 is 0 Å². The summed E-state index contributed by atoms with van der Waals surface area (Å²) in [5, 5.41) is 2.69. The molecular weight excluding hydrogens is 408 g/mol. The second-order valence-corrected chi connectivity index (χ2v) is 8.97. The summed E-state index contributed by atoms with van der Waals surface area (Å²) in [6, 6.07) is 12.8. The van der Waals surface area contributed by atoms with E-state index >= 15 is 0 Å². The molecule has 0 spiro atoms. The van der Waals surface area contributed by atoms with E-state index < -0.39 is 22.5 Å². The van der Waals surface area contributed by atoms with Gasteiger partial charge >= 0.3 is 0 Å². The number of amides is 3. The molecule has 30 heavy (non-hydrogen) atoms. The molecule has 0 saturated carbocycles. The lowest BCUT2D eigenvalue weighted by Crippen LogP contribution is -2.47. The number of nitrogens with one attached hydrogen (secondary N) is 1. The van der Waals surface area contributed by atoms with Crippen LogP contribution in [0, 0.1) is 0 Å². The molecule has 0 aromatic heterocycles. The van der Waals surface area contributed by atoms with Crippen molar-refractivity contribution in [3.05, 3.63) is 54.1 Å². The Morgan fingerprint density at radius 1 is 1.07 bits per heavy atom. The Morgan fingerprint density at radius 3 is 2.30 bits per heavy atom. The third-order valence-corrected chi connectivity index (χ3v) is 5.70. The molecule has 1 heterocycles. The number of fused-ring (bicyclic) bond motifs is 1. The van der Waals surface area contributed by atoms with E-state index in [1.165, 1.54) is 34.1 Å². The molecule has 1 N–H and O–H groups in total. The minimum absolute atomic E-state index is 0.205. The van der Waals surface area contributed by atoms with Gasteiger partial charge in [-0.05, 0) is 36.4 Å². The Bertz CT molecular complexity index is 1100. The molecule has 158 valence electrons. The molecule has 0 unspecified atom stereocenters. The first-order valence-electron chi connectivity index (χ1n) is 9.06. The lowest BCUT2D eigenvalue weighted by molar-refractivity contribution is -0.121. The fourth-order valence-corrected chi connectivity index (χ4v) is 3.94. The van der Waals surface area contributed by atoms with Crippen LogP contribution in [0.4, 0.5) is 17.1 Å². The molecule has 1 aliphatic rings. The smallest absolute Gasteiger partial charge is 0.253 e. The molecule has 0 atom stereocenters. The summed E-state index contributed by atoms with van der Waals surface area (Å²) < 4.78 is 25.7. The van der Waals surface area contributed by atoms with Crippen LogP contribution in [-0.4, -0.2) is 64.5 Å². The second kappa shape index (κ2) is 8.15. The quantitative estimate of drug-likeness (QED) is 0.766. The van der Waals surface area contributed by atoms with Crippen molar-refractivity contribution in [3.8, 4) is 0 Å². The maximum atomic E-state index is 13.0. The van der Waals surface area contributed by atoms with Gasteiger partial charge in [0.2, 0.25) is 21.8 Å². The molecule has 2 aromatic rings. The standard InChI is InChI=1S/C20H22N4O5S/c1-22(2)20(27)14-8-10-15(11-9-14)24(30(3,28)29)13-19(26)23-12-18(25)21-16-6-4-5-7-17(16)23/h4-11H,12-13H2,1-3H3,(H,21,25). The van der Waals surface area contributed by atoms with Gasteiger partial charge in [0.1, 0.15) is 13.1 Å². The van der Waals surface area contributed by atoms with E-state index in [1.807, 2.05) is 0 Å². The summed E-state index contributed by atoms with van der Waals surface area (Å²) in [5.41, 5.74) is 1.63. The van der Waals surface area contributed by atoms with Crippen LogP contribution in [0.15, 0.2) is 48.5 Å². The zero-order chi connectivity index (χ0) is 22.1. The maximum Gasteiger partial charge on any atom is 0.253 e. The SMILES string of the molecule is CN(C)C(=O)c1ccc(N(CC(=O)N2CC(=O)Nc3ccccc32)S(C)(=O)=O)cc1. The van der Waals surface area contributed by atoms with Crippen LogP contribution < -0.4 is 14.5 Å². The van der Waals surface area contributed by atoms with E-state index in [9.17, 15) is 22.8 Å². The van der Waals surface area contributed by atoms with E-state index in [2.05, 4.69) is 5.32 Å². The van der Waals surface area contributed by atoms with Gasteiger partial charge in [0, 0.05) is 19.7 Å². The molecular formula is C20H22N4O5S. The highest BCUT2D eigenvalue weighted by Gasteiger charge is 2.30. The molecule has 0 saturated heterocycles. The summed E-state index contributed by atoms with van der Waals surface area (Å²) in [4.78, 5) is 39.7. The fraction of sp³-hybridized carbons (Fsp3) is 0.250. The number of carbonyl (C=O) groups is 3. The number of rotatable bonds is 5. The van der Waals surface area contributed by atoms with Crippen LogP contribution in [0.2, 0.25) is 0 Å². The molecule has 3 rings (SSSR count). The number of carbonyl (C=O) groups excluding carboxylic acids is 3. The van der Waals surface area contributed by atoms with Gasteiger partial charge in [-0.25, -0.2) is 8.42 Å². The highest BCUT2D eigenvalue weighted by molar-refractivity contribution is 7.92. The molecule has 0 aliphatic carbocycles. The van der Waals surface area contributed by atoms with E-state index in [0.29, 0.717) is 16.9 Å². The van der Waals surface area contributed by atoms with Crippen LogP contribution in [0.3, 0.4) is 0 Å². The summed E-state index contributed by atoms with van der Waals surface area (Å²) in [5.74, 6) is -1.13. The van der Waals surface area contributed by atoms with Gasteiger partial charge in [0.15, 0.2) is 0 Å². The average Bonchev–Trinajstić information content (AvgIpc) is 2.69. The highest BCUT2D eigenvalue weighted by atomic mass is 32.2. The van der Waals surface area contributed by atoms with Crippen LogP contribution in [0.5, 0.6) is 0 Å². The number of sulfonamides is 1. The molecule has 0 fully saturated rings. The number of hydrogen-bond acceptors (Lipinski definition) is 5. The van der Waals surface area contributed by atoms with Gasteiger partial charge in [-0.1, -0.05) is 12.1 Å². The Morgan fingerprint density at radius 2 is 1.70 bits per heavy atom. The normalized spacial score (nSPS) is 13.3. The zero-order valence-corrected chi connectivity index (χ0v) is 17.6. The molecule has 10 heteroatoms. The number of anilines is 3. The van der Waals surface area contributed by atoms with Gasteiger partial charge in [-0.3, -0.25) is 23.6 Å². The van der Waals surface area contributed by atoms with Gasteiger partial charge in [0.05, 0.1) is 23.3 Å². The van der Waals surface area contributed by atoms with Crippen molar-refractivity contribution < 1.29 is 22.8 Å². The Hall–Kier alpha value is -3.40. The average molecular weight is 430 g/mol. The van der Waals surface area contributed by atoms with E-state index in [-0.39, 0.29) is 24.0 Å². The first-order valence-corrected chi connectivity index (χ1v) is 10.9. The molecule has 3 amide bonds. The van der Waals surface area contributed by atoms with E-state index in [1.54, 1.807) is 38.4 Å². The summed E-state index contributed by atoms with van der Waals surface area (Å²) in [6.07, 6.45) is 0.996. The van der Waals surface area contributed by atoms with Gasteiger partial charge in [-0.2, -0.15) is 0 Å². The number of nitrogens with zero attached hydrogens (tertiary/aromatic N) is 3. The van der Waals surface area contributed by atoms with Gasteiger partial charge in [0.25, 0.3) is 5.91 Å². The van der Waals surface area contributed by atoms with Crippen molar-refractivity contribution in [1.29, 1.82) is 0 Å². The van der Waals surface area contributed by atoms with Crippen LogP contribution in [0.25, 0.3) is 0 Å². The first kappa shape index (κ1) is 21.3. The fourth-order valence-electron chi connectivity index (χ4n) is 3.09. The van der Waals surface area contributed by atoms with Gasteiger partial charge < -0.3 is 10.2 Å². The minimum Gasteiger partial charge on any atom is -0.345 e. The third kappa shape index (κ3) is 4.43. The van der Waals surface area contributed by atoms with Crippen molar-refractivity contribution in [2.45, 2.75) is 0 Å². The van der Waals surface area contributed by atoms with Crippen LogP contribution in [0.1, 0.15) is 10.4 Å². The van der Waals surface area contributed by atoms with Crippen molar-refractivity contribution in [1.82, 2.24) is 4.90 Å². The predicted molar refractivity (Wildman–Crippen MR) is 114 cm³/mol. The number of benzene rings is 2. The molecule has 1 aliphatic heterocycles. The Labute approximate surface area is 174 Å². The summed E-state index contributed by atoms with van der Waals surface area (Å²) in [6.45, 7) is -0.689. The maximum absolute atomic E-state index is 13.0. The number of para-hydroxylation sites is 2. The largest absolute Gasteiger partial charge is 0.345 e. The van der Waals surface area contributed by atoms with E-state index in [4.69, 9.17) is 0 Å². The van der Waals surface area contributed by atoms with Crippen molar-refractivity contribution in [2.24, 2.45) is 0 Å². The molecule has 0 radical (unpaired) electrons. The summed E-state index contributed by atoms with van der Waals surface area (Å²) >= 11 is 0. The topological polar surface area (TPSA) is 107 Å². The first-order chi connectivity index (χ1) is 14.1. The van der Waals surface area contributed by atoms with Crippen molar-refractivity contribution >= 4 is 44.8 Å². The van der Waals surface area contributed by atoms with Crippen LogP contribution in [-0.2, 0) is 19.6 Å². The molecule has 2 aromatic carbocycles. The van der Waals surface area contributed by atoms with E-state index in [0.717, 1.165) is 10.6 Å². The second-order valence-electron chi connectivity index (χ2n) is 7.06. The Kier molecular flexibility index (Phi) is 5.79. The molecule has 0 bridgehead atoms. The number of hydrogen-bond donors (Lipinski definition) is 1. The molecule has 9 nitrogen and oxygen atoms in total. The third-order valence-electron chi connectivity index (χ3n) is 4.56. The predicted octanol–water partition coefficient (Wildman–Crippen LogP) is 1.14. The van der Waals surface area contributed by atoms with Crippen molar-refractivity contribution in [2.75, 3.05) is 48.0 Å². The highest BCUT2D eigenvalue weighted by Crippen LogP contribution is 2.29. The minimum atomic E-state index is -3.80. The monoisotopic (exact) mass is 430 g/mol. The lowest BCUT2D eigenvalue weighted by atomic mass is 10.1. The Balaban J connectivity index is 1.89. The summed E-state index contributed by atoms with van der Waals surface area (Å²) in [7, 11) is -0.571. The van der Waals surface area contributed by atoms with Crippen molar-refractivity contribution in [3.63, 3.8) is 0 Å². The lowest BCUT2D eigenvalue weighted by Gasteiger charge is -2.31.